The average Bonchev–Trinajstić information content (AvgIpc) is 3.77. The number of nitrogens with zero attached hydrogens (tertiary/aromatic N) is 6. The number of benzene rings is 10. The topological polar surface area (TPSA) is 90.5 Å². The second kappa shape index (κ2) is 14.9. The molecule has 13 rings (SSSR count). The molecule has 0 spiro atoms. The highest BCUT2D eigenvalue weighted by atomic mass is 16.3. The summed E-state index contributed by atoms with van der Waals surface area (Å²) in [4.78, 5) is 31.6. The summed E-state index contributed by atoms with van der Waals surface area (Å²) in [5, 5.41) is 10.2. The molecule has 0 N–H and O–H groups in total. The number of furan rings is 1. The van der Waals surface area contributed by atoms with Gasteiger partial charge in [-0.15, -0.1) is 0 Å². The van der Waals surface area contributed by atoms with Crippen molar-refractivity contribution in [1.82, 2.24) is 29.9 Å². The maximum absolute atomic E-state index is 7.37. The molecule has 0 amide bonds. The summed E-state index contributed by atoms with van der Waals surface area (Å²) in [5.41, 5.74) is 6.62. The lowest BCUT2D eigenvalue weighted by Gasteiger charge is -2.15. The molecule has 0 bridgehead atoms. The lowest BCUT2D eigenvalue weighted by atomic mass is 9.89. The van der Waals surface area contributed by atoms with Crippen LogP contribution in [0.3, 0.4) is 0 Å². The van der Waals surface area contributed by atoms with E-state index in [0.29, 0.717) is 40.5 Å². The minimum absolute atomic E-state index is 0.522. The standard InChI is InChI=1S/C58H34N6O/c1-5-19-35(20-6-1)53-59-54(36-21-7-2-8-22-36)62-57(61-53)46-34-45-43-31-16-15-29-41(43)42-30-17-18-32-44(42)48(45)52-49(46)51-47(65-52)33-39-27-13-14-28-40(39)50(51)58-63-55(37-23-9-3-10-24-37)60-56(64-58)38-25-11-4-12-26-38/h1-34H. The van der Waals surface area contributed by atoms with Crippen molar-refractivity contribution in [3.05, 3.63) is 206 Å². The van der Waals surface area contributed by atoms with Crippen LogP contribution < -0.4 is 0 Å². The molecule has 0 saturated heterocycles. The molecule has 10 aromatic carbocycles. The Morgan fingerprint density at radius 2 is 0.662 bits per heavy atom. The minimum Gasteiger partial charge on any atom is -0.455 e. The molecule has 0 saturated carbocycles. The third kappa shape index (κ3) is 6.05. The molecule has 0 aliphatic heterocycles. The summed E-state index contributed by atoms with van der Waals surface area (Å²) in [5.74, 6) is 3.34. The van der Waals surface area contributed by atoms with Gasteiger partial charge in [-0.2, -0.15) is 0 Å². The molecule has 3 aromatic heterocycles. The van der Waals surface area contributed by atoms with Crippen molar-refractivity contribution in [1.29, 1.82) is 0 Å². The Morgan fingerprint density at radius 3 is 1.17 bits per heavy atom. The summed E-state index contributed by atoms with van der Waals surface area (Å²) < 4.78 is 7.37. The van der Waals surface area contributed by atoms with E-state index in [2.05, 4.69) is 84.9 Å². The molecule has 0 aliphatic carbocycles. The van der Waals surface area contributed by atoms with Crippen molar-refractivity contribution in [2.24, 2.45) is 0 Å². The van der Waals surface area contributed by atoms with Crippen molar-refractivity contribution in [2.75, 3.05) is 0 Å². The molecule has 7 heteroatoms. The Balaban J connectivity index is 1.24. The van der Waals surface area contributed by atoms with E-state index >= 15 is 0 Å². The average molecular weight is 831 g/mol. The third-order valence-corrected chi connectivity index (χ3v) is 12.3. The van der Waals surface area contributed by atoms with Crippen LogP contribution in [-0.2, 0) is 0 Å². The molecule has 0 atom stereocenters. The number of rotatable bonds is 6. The lowest BCUT2D eigenvalue weighted by molar-refractivity contribution is 0.673. The van der Waals surface area contributed by atoms with E-state index in [4.69, 9.17) is 34.3 Å². The normalized spacial score (nSPS) is 11.7. The van der Waals surface area contributed by atoms with Gasteiger partial charge >= 0.3 is 0 Å². The summed E-state index contributed by atoms with van der Waals surface area (Å²) >= 11 is 0. The Morgan fingerprint density at radius 1 is 0.277 bits per heavy atom. The Labute approximate surface area is 372 Å². The van der Waals surface area contributed by atoms with Gasteiger partial charge in [0.15, 0.2) is 34.9 Å². The van der Waals surface area contributed by atoms with E-state index in [1.165, 1.54) is 0 Å². The Bertz CT molecular complexity index is 3870. The monoisotopic (exact) mass is 830 g/mol. The molecule has 0 fully saturated rings. The summed E-state index contributed by atoms with van der Waals surface area (Å²) in [6.07, 6.45) is 0. The van der Waals surface area contributed by atoms with Crippen LogP contribution in [0.2, 0.25) is 0 Å². The van der Waals surface area contributed by atoms with Crippen LogP contribution in [0.15, 0.2) is 211 Å². The zero-order valence-electron chi connectivity index (χ0n) is 34.7. The third-order valence-electron chi connectivity index (χ3n) is 12.3. The van der Waals surface area contributed by atoms with Crippen LogP contribution in [0.5, 0.6) is 0 Å². The van der Waals surface area contributed by atoms with Crippen molar-refractivity contribution >= 4 is 65.0 Å². The number of fused-ring (bicyclic) bond motifs is 11. The fourth-order valence-corrected chi connectivity index (χ4v) is 9.40. The van der Waals surface area contributed by atoms with Crippen molar-refractivity contribution in [3.63, 3.8) is 0 Å². The van der Waals surface area contributed by atoms with Crippen molar-refractivity contribution in [2.45, 2.75) is 0 Å². The van der Waals surface area contributed by atoms with Gasteiger partial charge in [0.2, 0.25) is 0 Å². The quantitative estimate of drug-likeness (QED) is 0.154. The lowest BCUT2D eigenvalue weighted by Crippen LogP contribution is -2.02. The second-order valence-corrected chi connectivity index (χ2v) is 16.2. The van der Waals surface area contributed by atoms with Gasteiger partial charge in [-0.25, -0.2) is 29.9 Å². The van der Waals surface area contributed by atoms with Gasteiger partial charge in [0, 0.05) is 49.5 Å². The molecule has 3 heterocycles. The smallest absolute Gasteiger partial charge is 0.165 e. The van der Waals surface area contributed by atoms with E-state index in [9.17, 15) is 0 Å². The molecule has 65 heavy (non-hydrogen) atoms. The summed E-state index contributed by atoms with van der Waals surface area (Å²) in [6.45, 7) is 0. The number of aromatic nitrogens is 6. The predicted octanol–water partition coefficient (Wildman–Crippen LogP) is 14.6. The number of hydrogen-bond acceptors (Lipinski definition) is 7. The molecular formula is C58H34N6O. The highest BCUT2D eigenvalue weighted by Crippen LogP contribution is 2.49. The first-order chi connectivity index (χ1) is 32.2. The van der Waals surface area contributed by atoms with Crippen molar-refractivity contribution in [3.8, 4) is 68.3 Å². The van der Waals surface area contributed by atoms with E-state index < -0.39 is 0 Å². The first-order valence-corrected chi connectivity index (χ1v) is 21.6. The van der Waals surface area contributed by atoms with Crippen LogP contribution in [0, 0.1) is 0 Å². The molecule has 302 valence electrons. The molecule has 13 aromatic rings. The van der Waals surface area contributed by atoms with E-state index in [1.807, 2.05) is 121 Å². The molecule has 0 aliphatic rings. The van der Waals surface area contributed by atoms with Crippen LogP contribution >= 0.6 is 0 Å². The fraction of sp³-hybridized carbons (Fsp3) is 0. The Hall–Kier alpha value is -8.94. The number of hydrogen-bond donors (Lipinski definition) is 0. The van der Waals surface area contributed by atoms with Gasteiger partial charge in [-0.1, -0.05) is 194 Å². The molecule has 0 radical (unpaired) electrons. The van der Waals surface area contributed by atoms with Gasteiger partial charge in [0.1, 0.15) is 11.2 Å². The molecular weight excluding hydrogens is 797 g/mol. The van der Waals surface area contributed by atoms with Gasteiger partial charge < -0.3 is 4.42 Å². The van der Waals surface area contributed by atoms with E-state index in [1.54, 1.807) is 0 Å². The van der Waals surface area contributed by atoms with Crippen LogP contribution in [0.1, 0.15) is 0 Å². The largest absolute Gasteiger partial charge is 0.455 e. The van der Waals surface area contributed by atoms with Crippen LogP contribution in [0.25, 0.3) is 133 Å². The van der Waals surface area contributed by atoms with E-state index in [-0.39, 0.29) is 0 Å². The first-order valence-electron chi connectivity index (χ1n) is 21.6. The minimum atomic E-state index is 0.522. The zero-order valence-corrected chi connectivity index (χ0v) is 34.7. The molecule has 0 unspecified atom stereocenters. The second-order valence-electron chi connectivity index (χ2n) is 16.2. The maximum atomic E-state index is 7.37. The summed E-state index contributed by atoms with van der Waals surface area (Å²) in [6, 6.07) is 70.4. The van der Waals surface area contributed by atoms with Gasteiger partial charge in [-0.3, -0.25) is 0 Å². The fourth-order valence-electron chi connectivity index (χ4n) is 9.40. The van der Waals surface area contributed by atoms with E-state index in [0.717, 1.165) is 92.8 Å². The first kappa shape index (κ1) is 36.7. The highest BCUT2D eigenvalue weighted by molar-refractivity contribution is 6.36. The van der Waals surface area contributed by atoms with Gasteiger partial charge in [0.05, 0.1) is 0 Å². The maximum Gasteiger partial charge on any atom is 0.165 e. The van der Waals surface area contributed by atoms with Crippen molar-refractivity contribution < 1.29 is 4.42 Å². The summed E-state index contributed by atoms with van der Waals surface area (Å²) in [7, 11) is 0. The SMILES string of the molecule is c1ccc(-c2nc(-c3ccccc3)nc(-c3c4ccccc4cc4oc5c(c(-c6nc(-c7ccccc7)nc(-c7ccccc7)n6)cc6c7ccccc7c7ccccc7c65)c34)n2)cc1. The molecule has 7 nitrogen and oxygen atoms in total. The van der Waals surface area contributed by atoms with Crippen LogP contribution in [0.4, 0.5) is 0 Å². The Kier molecular flexibility index (Phi) is 8.39. The van der Waals surface area contributed by atoms with Crippen LogP contribution in [-0.4, -0.2) is 29.9 Å². The van der Waals surface area contributed by atoms with Gasteiger partial charge in [0.25, 0.3) is 0 Å². The van der Waals surface area contributed by atoms with Gasteiger partial charge in [-0.05, 0) is 49.8 Å². The highest BCUT2D eigenvalue weighted by Gasteiger charge is 2.27. The zero-order chi connectivity index (χ0) is 42.8. The predicted molar refractivity (Wildman–Crippen MR) is 263 cm³/mol.